The Kier molecular flexibility index (Phi) is 4.71. The van der Waals surface area contributed by atoms with E-state index in [0.29, 0.717) is 22.2 Å². The lowest BCUT2D eigenvalue weighted by Gasteiger charge is -2.29. The summed E-state index contributed by atoms with van der Waals surface area (Å²) in [5.74, 6) is 0.745. The fraction of sp³-hybridized carbons (Fsp3) is 0.562. The second kappa shape index (κ2) is 6.15. The highest BCUT2D eigenvalue weighted by atomic mass is 35.5. The Morgan fingerprint density at radius 3 is 2.80 bits per heavy atom. The molecule has 1 unspecified atom stereocenters. The number of hydrogen-bond donors (Lipinski definition) is 2. The van der Waals surface area contributed by atoms with E-state index in [9.17, 15) is 4.79 Å². The third kappa shape index (κ3) is 3.15. The lowest BCUT2D eigenvalue weighted by atomic mass is 9.82. The number of hydrogen-bond acceptors (Lipinski definition) is 3. The molecule has 1 heterocycles. The highest BCUT2D eigenvalue weighted by Gasteiger charge is 2.40. The molecule has 0 amide bonds. The number of nitrogen functional groups attached to an aromatic ring is 1. The number of Topliss-reactive ketones (excluding diaryl/α,β-unsaturated/α-hetero) is 1. The van der Waals surface area contributed by atoms with Crippen LogP contribution in [0.3, 0.4) is 0 Å². The van der Waals surface area contributed by atoms with Crippen LogP contribution in [0.25, 0.3) is 0 Å². The van der Waals surface area contributed by atoms with Crippen LogP contribution in [0.2, 0.25) is 5.02 Å². The molecule has 0 spiro atoms. The predicted octanol–water partition coefficient (Wildman–Crippen LogP) is 3.66. The molecule has 0 radical (unpaired) electrons. The van der Waals surface area contributed by atoms with E-state index in [4.69, 9.17) is 17.3 Å². The first-order valence-corrected chi connectivity index (χ1v) is 7.67. The van der Waals surface area contributed by atoms with Crippen molar-refractivity contribution < 1.29 is 4.79 Å². The lowest BCUT2D eigenvalue weighted by molar-refractivity contribution is 0.0852. The summed E-state index contributed by atoms with van der Waals surface area (Å²) in [7, 11) is 0. The van der Waals surface area contributed by atoms with Crippen LogP contribution in [0.4, 0.5) is 5.69 Å². The maximum Gasteiger partial charge on any atom is 0.182 e. The number of carbonyl (C=O) groups is 1. The molecular formula is C16H23ClN2O. The van der Waals surface area contributed by atoms with E-state index in [1.807, 2.05) is 0 Å². The van der Waals surface area contributed by atoms with Crippen molar-refractivity contribution >= 4 is 23.1 Å². The standard InChI is InChI=1S/C16H23ClN2O/c1-11(2)6-8-16(7-3-9-19-16)15(20)12-4-5-14(18)13(17)10-12/h4-5,10-11,19H,3,6-9,18H2,1-2H3. The van der Waals surface area contributed by atoms with Gasteiger partial charge >= 0.3 is 0 Å². The molecule has 1 fully saturated rings. The zero-order valence-electron chi connectivity index (χ0n) is 12.2. The van der Waals surface area contributed by atoms with E-state index >= 15 is 0 Å². The molecule has 1 atom stereocenters. The third-order valence-electron chi connectivity index (χ3n) is 4.09. The van der Waals surface area contributed by atoms with Gasteiger partial charge in [-0.25, -0.2) is 0 Å². The van der Waals surface area contributed by atoms with Crippen molar-refractivity contribution in [3.63, 3.8) is 0 Å². The van der Waals surface area contributed by atoms with Crippen molar-refractivity contribution in [3.8, 4) is 0 Å². The van der Waals surface area contributed by atoms with Gasteiger partial charge in [0.25, 0.3) is 0 Å². The summed E-state index contributed by atoms with van der Waals surface area (Å²) < 4.78 is 0. The van der Waals surface area contributed by atoms with Crippen LogP contribution in [0.1, 0.15) is 49.9 Å². The lowest BCUT2D eigenvalue weighted by Crippen LogP contribution is -2.47. The average Bonchev–Trinajstić information content (AvgIpc) is 2.89. The van der Waals surface area contributed by atoms with E-state index in [1.54, 1.807) is 18.2 Å². The van der Waals surface area contributed by atoms with Gasteiger partial charge in [-0.2, -0.15) is 0 Å². The quantitative estimate of drug-likeness (QED) is 0.643. The minimum atomic E-state index is -0.413. The van der Waals surface area contributed by atoms with Crippen LogP contribution in [-0.2, 0) is 0 Å². The maximum absolute atomic E-state index is 12.9. The Morgan fingerprint density at radius 1 is 1.50 bits per heavy atom. The van der Waals surface area contributed by atoms with Gasteiger partial charge in [0.1, 0.15) is 0 Å². The molecule has 1 aliphatic rings. The number of anilines is 1. The smallest absolute Gasteiger partial charge is 0.182 e. The van der Waals surface area contributed by atoms with Gasteiger partial charge in [-0.1, -0.05) is 25.4 Å². The minimum Gasteiger partial charge on any atom is -0.398 e. The molecule has 1 aliphatic heterocycles. The monoisotopic (exact) mass is 294 g/mol. The molecule has 1 aromatic carbocycles. The summed E-state index contributed by atoms with van der Waals surface area (Å²) in [5.41, 5.74) is 6.47. The Morgan fingerprint density at radius 2 is 2.25 bits per heavy atom. The van der Waals surface area contributed by atoms with Gasteiger partial charge < -0.3 is 11.1 Å². The average molecular weight is 295 g/mol. The molecule has 3 nitrogen and oxygen atoms in total. The fourth-order valence-corrected chi connectivity index (χ4v) is 2.99. The van der Waals surface area contributed by atoms with Gasteiger partial charge in [-0.05, 0) is 56.3 Å². The number of benzene rings is 1. The van der Waals surface area contributed by atoms with Gasteiger partial charge in [-0.15, -0.1) is 0 Å². The van der Waals surface area contributed by atoms with Gasteiger partial charge in [-0.3, -0.25) is 4.79 Å². The molecular weight excluding hydrogens is 272 g/mol. The van der Waals surface area contributed by atoms with Crippen molar-refractivity contribution in [2.75, 3.05) is 12.3 Å². The van der Waals surface area contributed by atoms with Crippen molar-refractivity contribution in [1.82, 2.24) is 5.32 Å². The zero-order chi connectivity index (χ0) is 14.8. The van der Waals surface area contributed by atoms with E-state index in [-0.39, 0.29) is 5.78 Å². The van der Waals surface area contributed by atoms with Gasteiger partial charge in [0, 0.05) is 5.56 Å². The molecule has 1 aromatic rings. The molecule has 0 aliphatic carbocycles. The number of rotatable bonds is 5. The van der Waals surface area contributed by atoms with Crippen LogP contribution in [0, 0.1) is 5.92 Å². The van der Waals surface area contributed by atoms with Crippen LogP contribution in [-0.4, -0.2) is 17.9 Å². The van der Waals surface area contributed by atoms with Gasteiger partial charge in [0.05, 0.1) is 16.2 Å². The summed E-state index contributed by atoms with van der Waals surface area (Å²) in [6.07, 6.45) is 3.88. The number of ketones is 1. The highest BCUT2D eigenvalue weighted by Crippen LogP contribution is 2.31. The van der Waals surface area contributed by atoms with E-state index in [0.717, 1.165) is 32.2 Å². The molecule has 4 heteroatoms. The Hall–Kier alpha value is -1.06. The Labute approximate surface area is 125 Å². The van der Waals surface area contributed by atoms with E-state index in [2.05, 4.69) is 19.2 Å². The van der Waals surface area contributed by atoms with Crippen molar-refractivity contribution in [2.45, 2.75) is 45.1 Å². The van der Waals surface area contributed by atoms with Gasteiger partial charge in [0.2, 0.25) is 0 Å². The first-order chi connectivity index (χ1) is 9.44. The van der Waals surface area contributed by atoms with Crippen molar-refractivity contribution in [2.24, 2.45) is 5.92 Å². The summed E-state index contributed by atoms with van der Waals surface area (Å²) in [6.45, 7) is 5.28. The highest BCUT2D eigenvalue weighted by molar-refractivity contribution is 6.33. The van der Waals surface area contributed by atoms with E-state index in [1.165, 1.54) is 0 Å². The van der Waals surface area contributed by atoms with Crippen LogP contribution in [0.5, 0.6) is 0 Å². The molecule has 0 aromatic heterocycles. The summed E-state index contributed by atoms with van der Waals surface area (Å²) in [4.78, 5) is 12.9. The summed E-state index contributed by atoms with van der Waals surface area (Å²) >= 11 is 6.04. The molecule has 2 rings (SSSR count). The third-order valence-corrected chi connectivity index (χ3v) is 4.42. The Balaban J connectivity index is 2.24. The van der Waals surface area contributed by atoms with Crippen molar-refractivity contribution in [3.05, 3.63) is 28.8 Å². The normalized spacial score (nSPS) is 22.4. The van der Waals surface area contributed by atoms with Gasteiger partial charge in [0.15, 0.2) is 5.78 Å². The molecule has 110 valence electrons. The Bertz CT molecular complexity index is 493. The largest absolute Gasteiger partial charge is 0.398 e. The van der Waals surface area contributed by atoms with Crippen LogP contribution < -0.4 is 11.1 Å². The fourth-order valence-electron chi connectivity index (χ4n) is 2.81. The molecule has 20 heavy (non-hydrogen) atoms. The first-order valence-electron chi connectivity index (χ1n) is 7.29. The molecule has 3 N–H and O–H groups in total. The number of carbonyl (C=O) groups excluding carboxylic acids is 1. The second-order valence-corrected chi connectivity index (χ2v) is 6.52. The summed E-state index contributed by atoms with van der Waals surface area (Å²) in [5, 5.41) is 3.89. The van der Waals surface area contributed by atoms with Crippen molar-refractivity contribution in [1.29, 1.82) is 0 Å². The second-order valence-electron chi connectivity index (χ2n) is 6.11. The van der Waals surface area contributed by atoms with E-state index < -0.39 is 5.54 Å². The number of halogens is 1. The number of nitrogens with two attached hydrogens (primary N) is 1. The zero-order valence-corrected chi connectivity index (χ0v) is 13.0. The SMILES string of the molecule is CC(C)CCC1(C(=O)c2ccc(N)c(Cl)c2)CCCN1. The van der Waals surface area contributed by atoms with Crippen LogP contribution >= 0.6 is 11.6 Å². The minimum absolute atomic E-state index is 0.151. The molecule has 0 saturated carbocycles. The molecule has 1 saturated heterocycles. The van der Waals surface area contributed by atoms with Crippen LogP contribution in [0.15, 0.2) is 18.2 Å². The maximum atomic E-state index is 12.9. The first kappa shape index (κ1) is 15.3. The summed E-state index contributed by atoms with van der Waals surface area (Å²) in [6, 6.07) is 5.18. The molecule has 0 bridgehead atoms. The topological polar surface area (TPSA) is 55.1 Å². The predicted molar refractivity (Wildman–Crippen MR) is 84.2 cm³/mol. The number of nitrogens with one attached hydrogen (secondary N) is 1.